The van der Waals surface area contributed by atoms with Crippen molar-refractivity contribution >= 4 is 16.8 Å². The van der Waals surface area contributed by atoms with Gasteiger partial charge in [-0.15, -0.1) is 0 Å². The van der Waals surface area contributed by atoms with Crippen molar-refractivity contribution < 1.29 is 4.79 Å². The summed E-state index contributed by atoms with van der Waals surface area (Å²) in [7, 11) is 0. The van der Waals surface area contributed by atoms with Gasteiger partial charge in [0.1, 0.15) is 0 Å². The van der Waals surface area contributed by atoms with Crippen molar-refractivity contribution in [2.24, 2.45) is 5.73 Å². The Morgan fingerprint density at radius 2 is 2.07 bits per heavy atom. The fourth-order valence-corrected chi connectivity index (χ4v) is 1.83. The first kappa shape index (κ1) is 9.93. The largest absolute Gasteiger partial charge is 0.324 e. The molecular weight excluding hydrogens is 188 g/mol. The average Bonchev–Trinajstić information content (AvgIpc) is 2.56. The van der Waals surface area contributed by atoms with Gasteiger partial charge in [-0.1, -0.05) is 18.2 Å². The molecule has 0 radical (unpaired) electrons. The summed E-state index contributed by atoms with van der Waals surface area (Å²) in [5, 5.41) is 1.06. The minimum Gasteiger partial charge on any atom is -0.324 e. The molecule has 2 aromatic rings. The molecule has 3 heteroatoms. The summed E-state index contributed by atoms with van der Waals surface area (Å²) < 4.78 is 1.65. The third-order valence-electron chi connectivity index (χ3n) is 2.57. The van der Waals surface area contributed by atoms with Crippen LogP contribution in [0.4, 0.5) is 0 Å². The quantitative estimate of drug-likeness (QED) is 0.771. The van der Waals surface area contributed by atoms with E-state index in [0.29, 0.717) is 0 Å². The standard InChI is InChI=1S/C12H14N2O/c1-8(13)11-7-14(9(2)15)12-6-4-3-5-10(11)12/h3-8H,13H2,1-2H3/t8-/m0/s1. The number of fused-ring (bicyclic) bond motifs is 1. The fourth-order valence-electron chi connectivity index (χ4n) is 1.83. The molecule has 1 aromatic carbocycles. The van der Waals surface area contributed by atoms with Crippen LogP contribution in [-0.2, 0) is 0 Å². The lowest BCUT2D eigenvalue weighted by Crippen LogP contribution is -2.05. The first-order chi connectivity index (χ1) is 7.11. The van der Waals surface area contributed by atoms with Crippen molar-refractivity contribution in [1.29, 1.82) is 0 Å². The van der Waals surface area contributed by atoms with Crippen molar-refractivity contribution in [3.05, 3.63) is 36.0 Å². The number of para-hydroxylation sites is 1. The Hall–Kier alpha value is -1.61. The number of hydrogen-bond donors (Lipinski definition) is 1. The first-order valence-electron chi connectivity index (χ1n) is 4.97. The van der Waals surface area contributed by atoms with Crippen LogP contribution < -0.4 is 5.73 Å². The zero-order valence-electron chi connectivity index (χ0n) is 8.90. The lowest BCUT2D eigenvalue weighted by atomic mass is 10.1. The predicted octanol–water partition coefficient (Wildman–Crippen LogP) is 2.32. The van der Waals surface area contributed by atoms with Crippen molar-refractivity contribution in [2.75, 3.05) is 0 Å². The van der Waals surface area contributed by atoms with Crippen LogP contribution in [0.3, 0.4) is 0 Å². The molecule has 1 heterocycles. The number of carbonyl (C=O) groups excluding carboxylic acids is 1. The number of nitrogens with two attached hydrogens (primary N) is 1. The van der Waals surface area contributed by atoms with E-state index in [1.807, 2.05) is 37.4 Å². The molecule has 0 aliphatic heterocycles. The molecule has 2 N–H and O–H groups in total. The smallest absolute Gasteiger partial charge is 0.227 e. The molecule has 3 nitrogen and oxygen atoms in total. The van der Waals surface area contributed by atoms with E-state index in [4.69, 9.17) is 5.73 Å². The van der Waals surface area contributed by atoms with E-state index in [0.717, 1.165) is 16.5 Å². The minimum absolute atomic E-state index is 0.0121. The highest BCUT2D eigenvalue weighted by Gasteiger charge is 2.12. The van der Waals surface area contributed by atoms with E-state index in [9.17, 15) is 4.79 Å². The third-order valence-corrected chi connectivity index (χ3v) is 2.57. The predicted molar refractivity (Wildman–Crippen MR) is 60.8 cm³/mol. The second-order valence-corrected chi connectivity index (χ2v) is 3.78. The number of rotatable bonds is 1. The minimum atomic E-state index is -0.0597. The summed E-state index contributed by atoms with van der Waals surface area (Å²) in [6.45, 7) is 3.48. The summed E-state index contributed by atoms with van der Waals surface area (Å²) in [6, 6.07) is 7.75. The Bertz CT molecular complexity index is 511. The molecule has 0 amide bonds. The van der Waals surface area contributed by atoms with Gasteiger partial charge < -0.3 is 5.73 Å². The van der Waals surface area contributed by atoms with Crippen molar-refractivity contribution in [3.63, 3.8) is 0 Å². The number of benzene rings is 1. The van der Waals surface area contributed by atoms with Gasteiger partial charge in [0.2, 0.25) is 5.91 Å². The van der Waals surface area contributed by atoms with E-state index >= 15 is 0 Å². The summed E-state index contributed by atoms with van der Waals surface area (Å²) >= 11 is 0. The molecule has 0 bridgehead atoms. The molecule has 0 fully saturated rings. The van der Waals surface area contributed by atoms with Crippen LogP contribution in [0, 0.1) is 0 Å². The zero-order valence-corrected chi connectivity index (χ0v) is 8.90. The number of hydrogen-bond acceptors (Lipinski definition) is 2. The van der Waals surface area contributed by atoms with Crippen LogP contribution in [0.15, 0.2) is 30.5 Å². The monoisotopic (exact) mass is 202 g/mol. The van der Waals surface area contributed by atoms with Crippen molar-refractivity contribution in [1.82, 2.24) is 4.57 Å². The first-order valence-corrected chi connectivity index (χ1v) is 4.97. The van der Waals surface area contributed by atoms with Gasteiger partial charge in [-0.25, -0.2) is 0 Å². The molecule has 78 valence electrons. The van der Waals surface area contributed by atoms with E-state index in [-0.39, 0.29) is 11.9 Å². The van der Waals surface area contributed by atoms with Gasteiger partial charge in [0, 0.05) is 24.5 Å². The molecule has 0 spiro atoms. The molecule has 2 rings (SSSR count). The lowest BCUT2D eigenvalue weighted by molar-refractivity contribution is 0.0941. The molecule has 0 saturated heterocycles. The molecule has 15 heavy (non-hydrogen) atoms. The Balaban J connectivity index is 2.79. The SMILES string of the molecule is CC(=O)n1cc([C@H](C)N)c2ccccc21. The molecule has 0 aliphatic carbocycles. The van der Waals surface area contributed by atoms with Crippen LogP contribution >= 0.6 is 0 Å². The normalized spacial score (nSPS) is 13.0. The van der Waals surface area contributed by atoms with Crippen molar-refractivity contribution in [3.8, 4) is 0 Å². The van der Waals surface area contributed by atoms with Crippen LogP contribution in [0.1, 0.15) is 30.2 Å². The fraction of sp³-hybridized carbons (Fsp3) is 0.250. The second kappa shape index (κ2) is 3.51. The Labute approximate surface area is 88.5 Å². The molecule has 0 aliphatic rings. The summed E-state index contributed by atoms with van der Waals surface area (Å²) in [5.74, 6) is 0.0121. The summed E-state index contributed by atoms with van der Waals surface area (Å²) in [4.78, 5) is 11.4. The highest BCUT2D eigenvalue weighted by atomic mass is 16.1. The second-order valence-electron chi connectivity index (χ2n) is 3.78. The number of aromatic nitrogens is 1. The number of carbonyl (C=O) groups is 1. The average molecular weight is 202 g/mol. The van der Waals surface area contributed by atoms with E-state index in [1.54, 1.807) is 11.5 Å². The zero-order chi connectivity index (χ0) is 11.0. The van der Waals surface area contributed by atoms with Crippen LogP contribution in [0.25, 0.3) is 10.9 Å². The summed E-state index contributed by atoms with van der Waals surface area (Å²) in [5.41, 5.74) is 7.81. The molecular formula is C12H14N2O. The van der Waals surface area contributed by atoms with Gasteiger partial charge in [-0.3, -0.25) is 9.36 Å². The molecule has 0 unspecified atom stereocenters. The maximum absolute atomic E-state index is 11.4. The van der Waals surface area contributed by atoms with Gasteiger partial charge in [-0.05, 0) is 18.6 Å². The van der Waals surface area contributed by atoms with Gasteiger partial charge in [0.15, 0.2) is 0 Å². The van der Waals surface area contributed by atoms with Crippen LogP contribution in [-0.4, -0.2) is 10.5 Å². The van der Waals surface area contributed by atoms with Gasteiger partial charge in [0.25, 0.3) is 0 Å². The van der Waals surface area contributed by atoms with E-state index < -0.39 is 0 Å². The van der Waals surface area contributed by atoms with Crippen molar-refractivity contribution in [2.45, 2.75) is 19.9 Å². The summed E-state index contributed by atoms with van der Waals surface area (Å²) in [6.07, 6.45) is 1.83. The topological polar surface area (TPSA) is 48.0 Å². The molecule has 1 aromatic heterocycles. The Kier molecular flexibility index (Phi) is 2.32. The van der Waals surface area contributed by atoms with Crippen LogP contribution in [0.2, 0.25) is 0 Å². The van der Waals surface area contributed by atoms with E-state index in [1.165, 1.54) is 0 Å². The van der Waals surface area contributed by atoms with E-state index in [2.05, 4.69) is 0 Å². The van der Waals surface area contributed by atoms with Gasteiger partial charge >= 0.3 is 0 Å². The molecule has 0 saturated carbocycles. The van der Waals surface area contributed by atoms with Gasteiger partial charge in [-0.2, -0.15) is 0 Å². The highest BCUT2D eigenvalue weighted by Crippen LogP contribution is 2.24. The maximum atomic E-state index is 11.4. The maximum Gasteiger partial charge on any atom is 0.227 e. The Morgan fingerprint density at radius 3 is 2.67 bits per heavy atom. The van der Waals surface area contributed by atoms with Gasteiger partial charge in [0.05, 0.1) is 5.52 Å². The highest BCUT2D eigenvalue weighted by molar-refractivity contribution is 5.93. The lowest BCUT2D eigenvalue weighted by Gasteiger charge is -2.01. The van der Waals surface area contributed by atoms with Crippen LogP contribution in [0.5, 0.6) is 0 Å². The number of nitrogens with zero attached hydrogens (tertiary/aromatic N) is 1. The molecule has 1 atom stereocenters. The third kappa shape index (κ3) is 1.55. The Morgan fingerprint density at radius 1 is 1.40 bits per heavy atom.